The van der Waals surface area contributed by atoms with Gasteiger partial charge in [0.15, 0.2) is 11.5 Å². The summed E-state index contributed by atoms with van der Waals surface area (Å²) in [6.45, 7) is -0.0668. The molecule has 2 aromatic carbocycles. The quantitative estimate of drug-likeness (QED) is 0.778. The van der Waals surface area contributed by atoms with E-state index in [1.54, 1.807) is 36.4 Å². The molecule has 0 saturated carbocycles. The van der Waals surface area contributed by atoms with E-state index in [9.17, 15) is 9.59 Å². The van der Waals surface area contributed by atoms with Crippen molar-refractivity contribution in [2.75, 3.05) is 12.1 Å². The first-order chi connectivity index (χ1) is 12.1. The van der Waals surface area contributed by atoms with Gasteiger partial charge in [-0.1, -0.05) is 23.7 Å². The van der Waals surface area contributed by atoms with Crippen LogP contribution in [-0.2, 0) is 11.3 Å². The summed E-state index contributed by atoms with van der Waals surface area (Å²) < 4.78 is 11.7. The van der Waals surface area contributed by atoms with Crippen molar-refractivity contribution >= 4 is 34.1 Å². The molecule has 0 radical (unpaired) electrons. The predicted octanol–water partition coefficient (Wildman–Crippen LogP) is 2.42. The number of amides is 1. The lowest BCUT2D eigenvalue weighted by Crippen LogP contribution is -2.28. The molecule has 3 aromatic rings. The topological polar surface area (TPSA) is 82.5 Å². The van der Waals surface area contributed by atoms with Crippen molar-refractivity contribution in [3.8, 4) is 11.5 Å². The van der Waals surface area contributed by atoms with Gasteiger partial charge in [-0.05, 0) is 12.1 Å². The van der Waals surface area contributed by atoms with Gasteiger partial charge < -0.3 is 14.8 Å². The summed E-state index contributed by atoms with van der Waals surface area (Å²) in [4.78, 5) is 28.9. The number of hydrogen-bond acceptors (Lipinski definition) is 5. The number of carbonyl (C=O) groups is 1. The molecule has 7 nitrogen and oxygen atoms in total. The van der Waals surface area contributed by atoms with Crippen molar-refractivity contribution in [3.63, 3.8) is 0 Å². The van der Waals surface area contributed by atoms with E-state index in [0.29, 0.717) is 33.1 Å². The van der Waals surface area contributed by atoms with Gasteiger partial charge >= 0.3 is 0 Å². The molecular formula is C17H12ClN3O4. The summed E-state index contributed by atoms with van der Waals surface area (Å²) in [6, 6.07) is 10.1. The number of anilines is 1. The number of fused-ring (bicyclic) bond motifs is 2. The van der Waals surface area contributed by atoms with Gasteiger partial charge in [-0.3, -0.25) is 14.2 Å². The Kier molecular flexibility index (Phi) is 3.77. The SMILES string of the molecule is O=C(Cn1cnc2ccccc2c1=O)Nc1cc2c(cc1Cl)OCO2. The van der Waals surface area contributed by atoms with Crippen molar-refractivity contribution in [2.24, 2.45) is 0 Å². The maximum atomic E-state index is 12.4. The van der Waals surface area contributed by atoms with Crippen molar-refractivity contribution < 1.29 is 14.3 Å². The second kappa shape index (κ2) is 6.10. The third-order valence-corrected chi connectivity index (χ3v) is 4.09. The van der Waals surface area contributed by atoms with Gasteiger partial charge in [0.05, 0.1) is 27.9 Å². The number of nitrogens with one attached hydrogen (secondary N) is 1. The molecule has 0 bridgehead atoms. The highest BCUT2D eigenvalue weighted by Crippen LogP contribution is 2.39. The van der Waals surface area contributed by atoms with E-state index < -0.39 is 5.91 Å². The van der Waals surface area contributed by atoms with Crippen LogP contribution in [0.25, 0.3) is 10.9 Å². The van der Waals surface area contributed by atoms with Crippen molar-refractivity contribution in [1.82, 2.24) is 9.55 Å². The van der Waals surface area contributed by atoms with Crippen molar-refractivity contribution in [2.45, 2.75) is 6.54 Å². The number of aromatic nitrogens is 2. The first-order valence-corrected chi connectivity index (χ1v) is 7.83. The highest BCUT2D eigenvalue weighted by atomic mass is 35.5. The Labute approximate surface area is 146 Å². The zero-order valence-corrected chi connectivity index (χ0v) is 13.6. The van der Waals surface area contributed by atoms with Crippen molar-refractivity contribution in [3.05, 3.63) is 58.1 Å². The summed E-state index contributed by atoms with van der Waals surface area (Å²) in [5, 5.41) is 3.45. The fourth-order valence-electron chi connectivity index (χ4n) is 2.58. The van der Waals surface area contributed by atoms with Crippen LogP contribution in [-0.4, -0.2) is 22.3 Å². The second-order valence-electron chi connectivity index (χ2n) is 5.43. The van der Waals surface area contributed by atoms with Crippen LogP contribution in [0.5, 0.6) is 11.5 Å². The van der Waals surface area contributed by atoms with Crippen LogP contribution in [0.4, 0.5) is 5.69 Å². The van der Waals surface area contributed by atoms with Crippen LogP contribution >= 0.6 is 11.6 Å². The van der Waals surface area contributed by atoms with E-state index in [1.807, 2.05) is 0 Å². The predicted molar refractivity (Wildman–Crippen MR) is 92.2 cm³/mol. The van der Waals surface area contributed by atoms with Crippen LogP contribution in [0.1, 0.15) is 0 Å². The number of ether oxygens (including phenoxy) is 2. The number of benzene rings is 2. The third-order valence-electron chi connectivity index (χ3n) is 3.78. The molecule has 0 fully saturated rings. The van der Waals surface area contributed by atoms with Crippen LogP contribution in [0.2, 0.25) is 5.02 Å². The van der Waals surface area contributed by atoms with E-state index >= 15 is 0 Å². The average Bonchev–Trinajstić information content (AvgIpc) is 3.05. The summed E-state index contributed by atoms with van der Waals surface area (Å²) >= 11 is 6.13. The molecule has 1 N–H and O–H groups in total. The van der Waals surface area contributed by atoms with E-state index in [-0.39, 0.29) is 18.9 Å². The lowest BCUT2D eigenvalue weighted by atomic mass is 10.2. The average molecular weight is 358 g/mol. The van der Waals surface area contributed by atoms with Gasteiger partial charge in [0.2, 0.25) is 12.7 Å². The molecule has 25 heavy (non-hydrogen) atoms. The molecule has 0 spiro atoms. The molecule has 0 unspecified atom stereocenters. The standard InChI is InChI=1S/C17H12ClN3O4/c18-11-5-14-15(25-9-24-14)6-13(11)20-16(22)7-21-8-19-12-4-2-1-3-10(12)17(21)23/h1-6,8H,7,9H2,(H,20,22). The number of hydrogen-bond donors (Lipinski definition) is 1. The van der Waals surface area contributed by atoms with Crippen LogP contribution in [0, 0.1) is 0 Å². The summed E-state index contributed by atoms with van der Waals surface area (Å²) in [5.41, 5.74) is 0.693. The Morgan fingerprint density at radius 1 is 1.24 bits per heavy atom. The Hall–Kier alpha value is -3.06. The van der Waals surface area contributed by atoms with E-state index in [0.717, 1.165) is 0 Å². The molecule has 0 atom stereocenters. The molecule has 8 heteroatoms. The van der Waals surface area contributed by atoms with E-state index in [1.165, 1.54) is 10.9 Å². The summed E-state index contributed by atoms with van der Waals surface area (Å²) in [6.07, 6.45) is 1.35. The van der Waals surface area contributed by atoms with Gasteiger partial charge in [0.25, 0.3) is 5.56 Å². The lowest BCUT2D eigenvalue weighted by Gasteiger charge is -2.10. The number of nitrogens with zero attached hydrogens (tertiary/aromatic N) is 2. The van der Waals surface area contributed by atoms with Crippen LogP contribution in [0.15, 0.2) is 47.5 Å². The van der Waals surface area contributed by atoms with Gasteiger partial charge in [-0.15, -0.1) is 0 Å². The minimum Gasteiger partial charge on any atom is -0.454 e. The molecule has 2 heterocycles. The van der Waals surface area contributed by atoms with Crippen LogP contribution in [0.3, 0.4) is 0 Å². The van der Waals surface area contributed by atoms with Gasteiger partial charge in [0.1, 0.15) is 6.54 Å². The van der Waals surface area contributed by atoms with Crippen LogP contribution < -0.4 is 20.3 Å². The Morgan fingerprint density at radius 2 is 2.00 bits per heavy atom. The molecule has 1 amide bonds. The maximum Gasteiger partial charge on any atom is 0.261 e. The molecule has 1 aliphatic heterocycles. The molecule has 0 aliphatic carbocycles. The molecule has 1 aliphatic rings. The highest BCUT2D eigenvalue weighted by Gasteiger charge is 2.18. The number of para-hydroxylation sites is 1. The Morgan fingerprint density at radius 3 is 2.84 bits per heavy atom. The second-order valence-corrected chi connectivity index (χ2v) is 5.84. The zero-order valence-electron chi connectivity index (χ0n) is 12.9. The first-order valence-electron chi connectivity index (χ1n) is 7.45. The number of halogens is 1. The van der Waals surface area contributed by atoms with E-state index in [2.05, 4.69) is 10.3 Å². The summed E-state index contributed by atoms with van der Waals surface area (Å²) in [5.74, 6) is 0.627. The lowest BCUT2D eigenvalue weighted by molar-refractivity contribution is -0.116. The number of rotatable bonds is 3. The zero-order chi connectivity index (χ0) is 17.4. The first kappa shape index (κ1) is 15.5. The minimum absolute atomic E-state index is 0.112. The van der Waals surface area contributed by atoms with Gasteiger partial charge in [0, 0.05) is 12.1 Å². The Bertz CT molecular complexity index is 1050. The van der Waals surface area contributed by atoms with Gasteiger partial charge in [-0.25, -0.2) is 4.98 Å². The van der Waals surface area contributed by atoms with Crippen molar-refractivity contribution in [1.29, 1.82) is 0 Å². The fraction of sp³-hybridized carbons (Fsp3) is 0.118. The fourth-order valence-corrected chi connectivity index (χ4v) is 2.78. The minimum atomic E-state index is -0.403. The third kappa shape index (κ3) is 2.89. The molecule has 1 aromatic heterocycles. The molecular weight excluding hydrogens is 346 g/mol. The highest BCUT2D eigenvalue weighted by molar-refractivity contribution is 6.34. The monoisotopic (exact) mass is 357 g/mol. The molecule has 126 valence electrons. The molecule has 4 rings (SSSR count). The number of carbonyl (C=O) groups excluding carboxylic acids is 1. The largest absolute Gasteiger partial charge is 0.454 e. The van der Waals surface area contributed by atoms with E-state index in [4.69, 9.17) is 21.1 Å². The smallest absolute Gasteiger partial charge is 0.261 e. The van der Waals surface area contributed by atoms with Gasteiger partial charge in [-0.2, -0.15) is 0 Å². The normalized spacial score (nSPS) is 12.4. The Balaban J connectivity index is 1.57. The summed E-state index contributed by atoms with van der Waals surface area (Å²) in [7, 11) is 0. The maximum absolute atomic E-state index is 12.4. The molecule has 0 saturated heterocycles.